The van der Waals surface area contributed by atoms with Gasteiger partial charge < -0.3 is 15.0 Å². The van der Waals surface area contributed by atoms with Crippen LogP contribution in [0.5, 0.6) is 0 Å². The molecule has 2 aliphatic rings. The summed E-state index contributed by atoms with van der Waals surface area (Å²) in [6.45, 7) is 8.56. The average Bonchev–Trinajstić information content (AvgIpc) is 3.17. The lowest BCUT2D eigenvalue weighted by Gasteiger charge is -2.35. The van der Waals surface area contributed by atoms with E-state index < -0.39 is 0 Å². The van der Waals surface area contributed by atoms with Gasteiger partial charge in [-0.2, -0.15) is 0 Å². The summed E-state index contributed by atoms with van der Waals surface area (Å²) in [7, 11) is 0. The quantitative estimate of drug-likeness (QED) is 0.919. The largest absolute Gasteiger partial charge is 0.373 e. The second-order valence-corrected chi connectivity index (χ2v) is 7.59. The summed E-state index contributed by atoms with van der Waals surface area (Å²) in [4.78, 5) is 18.2. The van der Waals surface area contributed by atoms with Crippen molar-refractivity contribution in [3.05, 3.63) is 22.4 Å². The number of nitrogens with one attached hydrogen (secondary N) is 1. The van der Waals surface area contributed by atoms with Crippen LogP contribution in [0.4, 0.5) is 4.79 Å². The standard InChI is InChI=1S/C17H27N3O2S/c1-13-11-19(12-14(2)22-13)9-7-18-17(21)20-8-3-5-15(20)16-6-4-10-23-16/h4,6,10,13-15H,3,5,7-9,11-12H2,1-2H3,(H,18,21)/t13-,14-,15+/m1/s1. The molecule has 0 spiro atoms. The van der Waals surface area contributed by atoms with E-state index in [0.717, 1.165) is 39.0 Å². The zero-order valence-corrected chi connectivity index (χ0v) is 14.8. The third-order valence-corrected chi connectivity index (χ3v) is 5.56. The van der Waals surface area contributed by atoms with Crippen LogP contribution in [-0.4, -0.2) is 60.8 Å². The van der Waals surface area contributed by atoms with Gasteiger partial charge in [0, 0.05) is 37.6 Å². The zero-order valence-electron chi connectivity index (χ0n) is 14.0. The van der Waals surface area contributed by atoms with E-state index in [1.165, 1.54) is 4.88 Å². The van der Waals surface area contributed by atoms with Crippen LogP contribution in [-0.2, 0) is 4.74 Å². The minimum absolute atomic E-state index is 0.0789. The van der Waals surface area contributed by atoms with Gasteiger partial charge in [0.25, 0.3) is 0 Å². The Bertz CT molecular complexity index is 498. The lowest BCUT2D eigenvalue weighted by atomic mass is 10.2. The van der Waals surface area contributed by atoms with Crippen LogP contribution in [0.1, 0.15) is 37.6 Å². The summed E-state index contributed by atoms with van der Waals surface area (Å²) in [5.74, 6) is 0. The van der Waals surface area contributed by atoms with E-state index in [4.69, 9.17) is 4.74 Å². The van der Waals surface area contributed by atoms with Gasteiger partial charge in [0.15, 0.2) is 0 Å². The molecule has 0 radical (unpaired) electrons. The molecule has 2 saturated heterocycles. The SMILES string of the molecule is C[C@@H]1CN(CCNC(=O)N2CCC[C@H]2c2cccs2)C[C@@H](C)O1. The molecule has 2 fully saturated rings. The lowest BCUT2D eigenvalue weighted by molar-refractivity contribution is -0.0672. The molecule has 0 saturated carbocycles. The maximum absolute atomic E-state index is 12.5. The van der Waals surface area contributed by atoms with E-state index in [-0.39, 0.29) is 24.3 Å². The Labute approximate surface area is 142 Å². The molecule has 0 unspecified atom stereocenters. The molecule has 3 heterocycles. The fourth-order valence-electron chi connectivity index (χ4n) is 3.68. The zero-order chi connectivity index (χ0) is 16.2. The first kappa shape index (κ1) is 16.7. The number of hydrogen-bond acceptors (Lipinski definition) is 4. The predicted molar refractivity (Wildman–Crippen MR) is 92.8 cm³/mol. The third kappa shape index (κ3) is 4.25. The molecule has 3 rings (SSSR count). The third-order valence-electron chi connectivity index (χ3n) is 4.58. The number of carbonyl (C=O) groups is 1. The molecule has 3 atom stereocenters. The Kier molecular flexibility index (Phi) is 5.56. The van der Waals surface area contributed by atoms with Gasteiger partial charge in [0.2, 0.25) is 0 Å². The van der Waals surface area contributed by atoms with Gasteiger partial charge in [-0.3, -0.25) is 4.90 Å². The summed E-state index contributed by atoms with van der Waals surface area (Å²) in [5, 5.41) is 5.19. The summed E-state index contributed by atoms with van der Waals surface area (Å²) < 4.78 is 5.74. The molecule has 1 aromatic rings. The first-order valence-corrected chi connectivity index (χ1v) is 9.47. The smallest absolute Gasteiger partial charge is 0.317 e. The van der Waals surface area contributed by atoms with E-state index in [2.05, 4.69) is 41.6 Å². The van der Waals surface area contributed by atoms with Crippen LogP contribution >= 0.6 is 11.3 Å². The average molecular weight is 337 g/mol. The first-order valence-electron chi connectivity index (χ1n) is 8.59. The molecule has 5 nitrogen and oxygen atoms in total. The van der Waals surface area contributed by atoms with Crippen molar-refractivity contribution in [3.8, 4) is 0 Å². The van der Waals surface area contributed by atoms with Crippen LogP contribution < -0.4 is 5.32 Å². The molecule has 2 amide bonds. The first-order chi connectivity index (χ1) is 11.1. The van der Waals surface area contributed by atoms with Crippen LogP contribution in [0.15, 0.2) is 17.5 Å². The van der Waals surface area contributed by atoms with Gasteiger partial charge in [-0.15, -0.1) is 11.3 Å². The second-order valence-electron chi connectivity index (χ2n) is 6.62. The minimum atomic E-state index is 0.0789. The van der Waals surface area contributed by atoms with Gasteiger partial charge in [-0.05, 0) is 38.1 Å². The number of thiophene rings is 1. The van der Waals surface area contributed by atoms with Crippen LogP contribution in [0.3, 0.4) is 0 Å². The van der Waals surface area contributed by atoms with Crippen molar-refractivity contribution in [2.45, 2.75) is 44.9 Å². The van der Waals surface area contributed by atoms with E-state index >= 15 is 0 Å². The highest BCUT2D eigenvalue weighted by atomic mass is 32.1. The van der Waals surface area contributed by atoms with Crippen LogP contribution in [0, 0.1) is 0 Å². The highest BCUT2D eigenvalue weighted by Gasteiger charge is 2.30. The lowest BCUT2D eigenvalue weighted by Crippen LogP contribution is -2.49. The summed E-state index contributed by atoms with van der Waals surface area (Å²) >= 11 is 1.74. The highest BCUT2D eigenvalue weighted by molar-refractivity contribution is 7.10. The molecule has 6 heteroatoms. The number of morpholine rings is 1. The van der Waals surface area contributed by atoms with E-state index in [1.54, 1.807) is 11.3 Å². The maximum atomic E-state index is 12.5. The van der Waals surface area contributed by atoms with Gasteiger partial charge in [-0.1, -0.05) is 6.07 Å². The number of amides is 2. The normalized spacial score (nSPS) is 29.0. The molecule has 0 bridgehead atoms. The summed E-state index contributed by atoms with van der Waals surface area (Å²) in [5.41, 5.74) is 0. The molecular formula is C17H27N3O2S. The fraction of sp³-hybridized carbons (Fsp3) is 0.706. The topological polar surface area (TPSA) is 44.8 Å². The Morgan fingerprint density at radius 3 is 2.87 bits per heavy atom. The van der Waals surface area contributed by atoms with Crippen molar-refractivity contribution in [3.63, 3.8) is 0 Å². The molecular weight excluding hydrogens is 310 g/mol. The van der Waals surface area contributed by atoms with Crippen LogP contribution in [0.2, 0.25) is 0 Å². The predicted octanol–water partition coefficient (Wildman–Crippen LogP) is 2.70. The van der Waals surface area contributed by atoms with Crippen LogP contribution in [0.25, 0.3) is 0 Å². The van der Waals surface area contributed by atoms with Crippen molar-refractivity contribution in [1.29, 1.82) is 0 Å². The Morgan fingerprint density at radius 2 is 2.17 bits per heavy atom. The van der Waals surface area contributed by atoms with Crippen molar-refractivity contribution in [2.24, 2.45) is 0 Å². The van der Waals surface area contributed by atoms with Crippen molar-refractivity contribution < 1.29 is 9.53 Å². The maximum Gasteiger partial charge on any atom is 0.317 e. The molecule has 1 N–H and O–H groups in total. The summed E-state index contributed by atoms with van der Waals surface area (Å²) in [6, 6.07) is 4.54. The monoisotopic (exact) mass is 337 g/mol. The molecule has 2 aliphatic heterocycles. The molecule has 1 aromatic heterocycles. The number of carbonyl (C=O) groups excluding carboxylic acids is 1. The van der Waals surface area contributed by atoms with Crippen molar-refractivity contribution >= 4 is 17.4 Å². The van der Waals surface area contributed by atoms with Gasteiger partial charge >= 0.3 is 6.03 Å². The molecule has 128 valence electrons. The summed E-state index contributed by atoms with van der Waals surface area (Å²) in [6.07, 6.45) is 2.72. The van der Waals surface area contributed by atoms with Crippen molar-refractivity contribution in [2.75, 3.05) is 32.7 Å². The fourth-order valence-corrected chi connectivity index (χ4v) is 4.55. The number of nitrogens with zero attached hydrogens (tertiary/aromatic N) is 2. The van der Waals surface area contributed by atoms with Crippen molar-refractivity contribution in [1.82, 2.24) is 15.1 Å². The van der Waals surface area contributed by atoms with Gasteiger partial charge in [0.05, 0.1) is 18.2 Å². The second kappa shape index (κ2) is 7.64. The number of urea groups is 1. The molecule has 23 heavy (non-hydrogen) atoms. The molecule has 0 aromatic carbocycles. The Morgan fingerprint density at radius 1 is 1.39 bits per heavy atom. The van der Waals surface area contributed by atoms with Gasteiger partial charge in [-0.25, -0.2) is 4.79 Å². The van der Waals surface area contributed by atoms with Gasteiger partial charge in [0.1, 0.15) is 0 Å². The number of likely N-dealkylation sites (tertiary alicyclic amines) is 1. The minimum Gasteiger partial charge on any atom is -0.373 e. The molecule has 0 aliphatic carbocycles. The van der Waals surface area contributed by atoms with E-state index in [9.17, 15) is 4.79 Å². The Balaban J connectivity index is 1.46. The highest BCUT2D eigenvalue weighted by Crippen LogP contribution is 2.34. The van der Waals surface area contributed by atoms with E-state index in [0.29, 0.717) is 6.54 Å². The number of ether oxygens (including phenoxy) is 1. The number of hydrogen-bond donors (Lipinski definition) is 1. The number of rotatable bonds is 4. The van der Waals surface area contributed by atoms with E-state index in [1.807, 2.05) is 4.90 Å². The Hall–Kier alpha value is -1.11.